The molecular formula is C11H20O5. The van der Waals surface area contributed by atoms with Crippen molar-refractivity contribution in [2.75, 3.05) is 39.6 Å². The Morgan fingerprint density at radius 3 is 2.25 bits per heavy atom. The fourth-order valence-electron chi connectivity index (χ4n) is 1.06. The monoisotopic (exact) mass is 232 g/mol. The van der Waals surface area contributed by atoms with Crippen LogP contribution in [0.3, 0.4) is 0 Å². The van der Waals surface area contributed by atoms with Crippen LogP contribution in [0, 0.1) is 0 Å². The van der Waals surface area contributed by atoms with Crippen LogP contribution in [0.2, 0.25) is 0 Å². The lowest BCUT2D eigenvalue weighted by atomic mass is 10.4. The summed E-state index contributed by atoms with van der Waals surface area (Å²) in [6, 6.07) is 0. The maximum Gasteiger partial charge on any atom is 0.104 e. The number of epoxide rings is 2. The number of ether oxygens (including phenoxy) is 4. The molecule has 0 aromatic heterocycles. The largest absolute Gasteiger partial charge is 0.394 e. The van der Waals surface area contributed by atoms with Crippen LogP contribution in [0.5, 0.6) is 0 Å². The summed E-state index contributed by atoms with van der Waals surface area (Å²) in [5, 5.41) is 8.96. The third kappa shape index (κ3) is 6.19. The summed E-state index contributed by atoms with van der Waals surface area (Å²) in [6.07, 6.45) is 0.259. The second-order valence-electron chi connectivity index (χ2n) is 3.59. The molecule has 0 amide bonds. The van der Waals surface area contributed by atoms with Crippen LogP contribution in [0.4, 0.5) is 0 Å². The molecule has 5 nitrogen and oxygen atoms in total. The van der Waals surface area contributed by atoms with Crippen LogP contribution in [0.25, 0.3) is 0 Å². The maximum absolute atomic E-state index is 8.96. The first kappa shape index (κ1) is 13.6. The van der Waals surface area contributed by atoms with E-state index in [2.05, 4.69) is 13.2 Å². The fraction of sp³-hybridized carbons (Fsp3) is 0.818. The number of hydrogen-bond donors (Lipinski definition) is 1. The predicted molar refractivity (Wildman–Crippen MR) is 58.4 cm³/mol. The van der Waals surface area contributed by atoms with E-state index in [1.54, 1.807) is 0 Å². The van der Waals surface area contributed by atoms with Gasteiger partial charge in [-0.1, -0.05) is 0 Å². The molecule has 2 aliphatic heterocycles. The van der Waals surface area contributed by atoms with Gasteiger partial charge in [0.25, 0.3) is 0 Å². The summed E-state index contributed by atoms with van der Waals surface area (Å²) in [6.45, 7) is 9.12. The van der Waals surface area contributed by atoms with Crippen molar-refractivity contribution in [2.24, 2.45) is 0 Å². The van der Waals surface area contributed by atoms with Crippen LogP contribution in [0.1, 0.15) is 0 Å². The summed E-state index contributed by atoms with van der Waals surface area (Å²) in [5.74, 6) is 0. The highest BCUT2D eigenvalue weighted by molar-refractivity contribution is 4.70. The van der Waals surface area contributed by atoms with Gasteiger partial charge in [0.15, 0.2) is 0 Å². The number of rotatable bonds is 8. The molecule has 2 rings (SSSR count). The molecule has 3 unspecified atom stereocenters. The summed E-state index contributed by atoms with van der Waals surface area (Å²) >= 11 is 0. The van der Waals surface area contributed by atoms with Crippen LogP contribution in [-0.4, -0.2) is 63.1 Å². The van der Waals surface area contributed by atoms with Crippen molar-refractivity contribution >= 4 is 0 Å². The van der Waals surface area contributed by atoms with Gasteiger partial charge in [0, 0.05) is 0 Å². The van der Waals surface area contributed by atoms with Crippen LogP contribution in [-0.2, 0) is 18.9 Å². The molecule has 3 atom stereocenters. The molecule has 94 valence electrons. The molecule has 16 heavy (non-hydrogen) atoms. The predicted octanol–water partition coefficient (Wildman–Crippen LogP) is -0.0197. The number of aliphatic hydroxyl groups is 1. The van der Waals surface area contributed by atoms with Crippen molar-refractivity contribution < 1.29 is 24.1 Å². The highest BCUT2D eigenvalue weighted by Crippen LogP contribution is 2.11. The Balaban J connectivity index is 0.000000606. The van der Waals surface area contributed by atoms with E-state index in [0.29, 0.717) is 19.8 Å². The molecule has 0 saturated carbocycles. The normalized spacial score (nSPS) is 27.8. The molecule has 2 saturated heterocycles. The molecule has 1 N–H and O–H groups in total. The zero-order valence-corrected chi connectivity index (χ0v) is 9.47. The smallest absolute Gasteiger partial charge is 0.104 e. The lowest BCUT2D eigenvalue weighted by Gasteiger charge is -2.14. The van der Waals surface area contributed by atoms with E-state index in [-0.39, 0.29) is 24.9 Å². The first-order chi connectivity index (χ1) is 7.88. The molecule has 5 heteroatoms. The van der Waals surface area contributed by atoms with E-state index < -0.39 is 0 Å². The van der Waals surface area contributed by atoms with Crippen molar-refractivity contribution in [3.63, 3.8) is 0 Å². The quantitative estimate of drug-likeness (QED) is 0.470. The topological polar surface area (TPSA) is 63.8 Å². The summed E-state index contributed by atoms with van der Waals surface area (Å²) in [5.41, 5.74) is 0. The zero-order chi connectivity index (χ0) is 11.8. The molecule has 2 fully saturated rings. The molecule has 2 heterocycles. The first-order valence-corrected chi connectivity index (χ1v) is 5.42. The minimum Gasteiger partial charge on any atom is -0.394 e. The summed E-state index contributed by atoms with van der Waals surface area (Å²) in [7, 11) is 0. The standard InChI is InChI=1S/C9H16O5.C2H4/c10-1-7(12-5-9-6-14-9)2-11-3-8-4-13-8;1-2/h7-10H,1-6H2;1-2H2. The number of aliphatic hydroxyl groups excluding tert-OH is 1. The van der Waals surface area contributed by atoms with Crippen molar-refractivity contribution in [3.05, 3.63) is 13.2 Å². The highest BCUT2D eigenvalue weighted by atomic mass is 16.6. The summed E-state index contributed by atoms with van der Waals surface area (Å²) < 4.78 is 20.7. The Morgan fingerprint density at radius 1 is 1.19 bits per heavy atom. The van der Waals surface area contributed by atoms with Gasteiger partial charge in [0.05, 0.1) is 39.6 Å². The zero-order valence-electron chi connectivity index (χ0n) is 9.47. The van der Waals surface area contributed by atoms with Crippen molar-refractivity contribution in [2.45, 2.75) is 18.3 Å². The molecule has 0 radical (unpaired) electrons. The van der Waals surface area contributed by atoms with Crippen LogP contribution < -0.4 is 0 Å². The first-order valence-electron chi connectivity index (χ1n) is 5.42. The van der Waals surface area contributed by atoms with Gasteiger partial charge in [-0.3, -0.25) is 0 Å². The lowest BCUT2D eigenvalue weighted by Crippen LogP contribution is -2.26. The van der Waals surface area contributed by atoms with E-state index in [1.165, 1.54) is 0 Å². The number of hydrogen-bond acceptors (Lipinski definition) is 5. The molecule has 0 bridgehead atoms. The second kappa shape index (κ2) is 7.76. The van der Waals surface area contributed by atoms with Gasteiger partial charge in [-0.15, -0.1) is 13.2 Å². The Kier molecular flexibility index (Phi) is 6.59. The van der Waals surface area contributed by atoms with E-state index in [0.717, 1.165) is 13.2 Å². The maximum atomic E-state index is 8.96. The molecule has 0 spiro atoms. The second-order valence-corrected chi connectivity index (χ2v) is 3.59. The third-order valence-electron chi connectivity index (χ3n) is 2.13. The van der Waals surface area contributed by atoms with Gasteiger partial charge >= 0.3 is 0 Å². The van der Waals surface area contributed by atoms with Crippen molar-refractivity contribution in [1.82, 2.24) is 0 Å². The Hall–Kier alpha value is -0.460. The lowest BCUT2D eigenvalue weighted by molar-refractivity contribution is -0.0481. The van der Waals surface area contributed by atoms with E-state index in [9.17, 15) is 0 Å². The van der Waals surface area contributed by atoms with Gasteiger partial charge in [-0.25, -0.2) is 0 Å². The van der Waals surface area contributed by atoms with Gasteiger partial charge < -0.3 is 24.1 Å². The third-order valence-corrected chi connectivity index (χ3v) is 2.13. The van der Waals surface area contributed by atoms with Gasteiger partial charge in [0.1, 0.15) is 18.3 Å². The molecular weight excluding hydrogens is 212 g/mol. The minimum atomic E-state index is -0.238. The Labute approximate surface area is 95.9 Å². The Morgan fingerprint density at radius 2 is 1.75 bits per heavy atom. The Bertz CT molecular complexity index is 179. The van der Waals surface area contributed by atoms with E-state index in [4.69, 9.17) is 24.1 Å². The summed E-state index contributed by atoms with van der Waals surface area (Å²) in [4.78, 5) is 0. The van der Waals surface area contributed by atoms with Crippen LogP contribution >= 0.6 is 0 Å². The van der Waals surface area contributed by atoms with Crippen molar-refractivity contribution in [1.29, 1.82) is 0 Å². The van der Waals surface area contributed by atoms with Crippen molar-refractivity contribution in [3.8, 4) is 0 Å². The van der Waals surface area contributed by atoms with Gasteiger partial charge in [-0.05, 0) is 0 Å². The fourth-order valence-corrected chi connectivity index (χ4v) is 1.06. The SMILES string of the molecule is C=C.OCC(COCC1CO1)OCC1CO1. The molecule has 2 aliphatic rings. The van der Waals surface area contributed by atoms with E-state index in [1.807, 2.05) is 0 Å². The average Bonchev–Trinajstić information content (AvgIpc) is 3.18. The van der Waals surface area contributed by atoms with Gasteiger partial charge in [-0.2, -0.15) is 0 Å². The molecule has 0 aromatic carbocycles. The highest BCUT2D eigenvalue weighted by Gasteiger charge is 2.25. The van der Waals surface area contributed by atoms with Gasteiger partial charge in [0.2, 0.25) is 0 Å². The average molecular weight is 232 g/mol. The van der Waals surface area contributed by atoms with E-state index >= 15 is 0 Å². The molecule has 0 aromatic rings. The van der Waals surface area contributed by atoms with Crippen LogP contribution in [0.15, 0.2) is 13.2 Å². The minimum absolute atomic E-state index is 0.0156. The molecule has 0 aliphatic carbocycles.